The van der Waals surface area contributed by atoms with Crippen LogP contribution in [0.2, 0.25) is 0 Å². The van der Waals surface area contributed by atoms with Gasteiger partial charge in [-0.2, -0.15) is 0 Å². The van der Waals surface area contributed by atoms with E-state index in [1.54, 1.807) is 6.08 Å². The van der Waals surface area contributed by atoms with Gasteiger partial charge in [0.1, 0.15) is 0 Å². The van der Waals surface area contributed by atoms with Gasteiger partial charge in [0.2, 0.25) is 0 Å². The Morgan fingerprint density at radius 2 is 2.33 bits per heavy atom. The summed E-state index contributed by atoms with van der Waals surface area (Å²) in [5, 5.41) is 0. The topological polar surface area (TPSA) is 26.3 Å². The van der Waals surface area contributed by atoms with E-state index in [2.05, 4.69) is 12.2 Å². The lowest BCUT2D eigenvalue weighted by Gasteiger charge is -2.17. The van der Waals surface area contributed by atoms with Crippen LogP contribution in [0.25, 0.3) is 0 Å². The summed E-state index contributed by atoms with van der Waals surface area (Å²) in [6.45, 7) is 2.40. The van der Waals surface area contributed by atoms with Crippen LogP contribution in [0, 0.1) is 17.8 Å². The quantitative estimate of drug-likeness (QED) is 0.401. The van der Waals surface area contributed by atoms with E-state index in [1.165, 1.54) is 18.9 Å². The number of hydrogen-bond acceptors (Lipinski definition) is 2. The normalized spacial score (nSPS) is 32.7. The minimum atomic E-state index is -0.212. The summed E-state index contributed by atoms with van der Waals surface area (Å²) in [7, 11) is 0. The van der Waals surface area contributed by atoms with Crippen LogP contribution in [0.5, 0.6) is 0 Å². The molecule has 0 aliphatic heterocycles. The SMILES string of the molecule is C/C=C/C(=O)OCCC1CC2C=CC1C2. The molecular formula is C13H18O2. The molecule has 15 heavy (non-hydrogen) atoms. The fourth-order valence-corrected chi connectivity index (χ4v) is 2.72. The van der Waals surface area contributed by atoms with Crippen molar-refractivity contribution in [2.45, 2.75) is 26.2 Å². The molecule has 82 valence electrons. The highest BCUT2D eigenvalue weighted by Gasteiger charge is 2.35. The van der Waals surface area contributed by atoms with E-state index in [4.69, 9.17) is 4.74 Å². The van der Waals surface area contributed by atoms with E-state index in [1.807, 2.05) is 6.92 Å². The maximum absolute atomic E-state index is 11.1. The van der Waals surface area contributed by atoms with Crippen LogP contribution >= 0.6 is 0 Å². The van der Waals surface area contributed by atoms with Crippen molar-refractivity contribution in [2.75, 3.05) is 6.61 Å². The fraction of sp³-hybridized carbons (Fsp3) is 0.615. The molecule has 0 N–H and O–H groups in total. The third-order valence-corrected chi connectivity index (χ3v) is 3.45. The highest BCUT2D eigenvalue weighted by molar-refractivity contribution is 5.81. The molecule has 2 nitrogen and oxygen atoms in total. The molecule has 2 heteroatoms. The smallest absolute Gasteiger partial charge is 0.330 e. The Kier molecular flexibility index (Phi) is 3.24. The number of fused-ring (bicyclic) bond motifs is 2. The van der Waals surface area contributed by atoms with Crippen molar-refractivity contribution < 1.29 is 9.53 Å². The summed E-state index contributed by atoms with van der Waals surface area (Å²) in [5.41, 5.74) is 0. The molecule has 0 aromatic rings. The molecule has 0 aromatic heterocycles. The molecule has 3 atom stereocenters. The first-order chi connectivity index (χ1) is 7.29. The molecule has 2 bridgehead atoms. The van der Waals surface area contributed by atoms with Crippen molar-refractivity contribution in [1.82, 2.24) is 0 Å². The van der Waals surface area contributed by atoms with E-state index in [0.717, 1.165) is 24.2 Å². The van der Waals surface area contributed by atoms with Crippen molar-refractivity contribution in [1.29, 1.82) is 0 Å². The standard InChI is InChI=1S/C13H18O2/c1-2-3-13(14)15-7-6-12-9-10-4-5-11(12)8-10/h2-5,10-12H,6-9H2,1H3/b3-2+. The van der Waals surface area contributed by atoms with Gasteiger partial charge in [-0.1, -0.05) is 18.2 Å². The zero-order chi connectivity index (χ0) is 10.7. The molecule has 0 amide bonds. The molecule has 1 saturated carbocycles. The molecule has 0 heterocycles. The lowest BCUT2D eigenvalue weighted by molar-refractivity contribution is -0.138. The van der Waals surface area contributed by atoms with Gasteiger partial charge in [-0.25, -0.2) is 4.79 Å². The molecule has 0 spiro atoms. The average molecular weight is 206 g/mol. The minimum Gasteiger partial charge on any atom is -0.463 e. The first kappa shape index (κ1) is 10.5. The lowest BCUT2D eigenvalue weighted by atomic mass is 9.91. The summed E-state index contributed by atoms with van der Waals surface area (Å²) in [4.78, 5) is 11.1. The van der Waals surface area contributed by atoms with E-state index in [0.29, 0.717) is 6.61 Å². The Labute approximate surface area is 91.0 Å². The third-order valence-electron chi connectivity index (χ3n) is 3.45. The molecule has 0 aromatic carbocycles. The molecular weight excluding hydrogens is 188 g/mol. The van der Waals surface area contributed by atoms with Gasteiger partial charge in [-0.05, 0) is 43.9 Å². The van der Waals surface area contributed by atoms with E-state index in [-0.39, 0.29) is 5.97 Å². The average Bonchev–Trinajstić information content (AvgIpc) is 2.79. The minimum absolute atomic E-state index is 0.212. The van der Waals surface area contributed by atoms with Crippen molar-refractivity contribution in [3.63, 3.8) is 0 Å². The lowest BCUT2D eigenvalue weighted by Crippen LogP contribution is -2.12. The number of ether oxygens (including phenoxy) is 1. The molecule has 2 rings (SSSR count). The van der Waals surface area contributed by atoms with Gasteiger partial charge in [0, 0.05) is 6.08 Å². The second-order valence-corrected chi connectivity index (χ2v) is 4.50. The first-order valence-electron chi connectivity index (χ1n) is 5.77. The van der Waals surface area contributed by atoms with Crippen LogP contribution in [-0.4, -0.2) is 12.6 Å². The Morgan fingerprint density at radius 1 is 1.47 bits per heavy atom. The number of hydrogen-bond donors (Lipinski definition) is 0. The van der Waals surface area contributed by atoms with Gasteiger partial charge in [0.25, 0.3) is 0 Å². The number of rotatable bonds is 4. The summed E-state index contributed by atoms with van der Waals surface area (Å²) < 4.78 is 5.10. The maximum atomic E-state index is 11.1. The van der Waals surface area contributed by atoms with Crippen molar-refractivity contribution in [2.24, 2.45) is 17.8 Å². The zero-order valence-corrected chi connectivity index (χ0v) is 9.19. The van der Waals surface area contributed by atoms with E-state index >= 15 is 0 Å². The molecule has 1 fully saturated rings. The van der Waals surface area contributed by atoms with Crippen LogP contribution in [0.3, 0.4) is 0 Å². The van der Waals surface area contributed by atoms with Gasteiger partial charge in [0.15, 0.2) is 0 Å². The molecule has 0 radical (unpaired) electrons. The monoisotopic (exact) mass is 206 g/mol. The zero-order valence-electron chi connectivity index (χ0n) is 9.19. The van der Waals surface area contributed by atoms with Crippen molar-refractivity contribution in [3.8, 4) is 0 Å². The highest BCUT2D eigenvalue weighted by atomic mass is 16.5. The second kappa shape index (κ2) is 4.65. The molecule has 3 unspecified atom stereocenters. The van der Waals surface area contributed by atoms with Crippen LogP contribution in [-0.2, 0) is 9.53 Å². The molecule has 2 aliphatic rings. The predicted octanol–water partition coefficient (Wildman–Crippen LogP) is 2.71. The fourth-order valence-electron chi connectivity index (χ4n) is 2.72. The van der Waals surface area contributed by atoms with Crippen molar-refractivity contribution in [3.05, 3.63) is 24.3 Å². The van der Waals surface area contributed by atoms with Crippen LogP contribution in [0.15, 0.2) is 24.3 Å². The summed E-state index contributed by atoms with van der Waals surface area (Å²) >= 11 is 0. The van der Waals surface area contributed by atoms with Gasteiger partial charge in [0.05, 0.1) is 6.61 Å². The second-order valence-electron chi connectivity index (χ2n) is 4.50. The van der Waals surface area contributed by atoms with Gasteiger partial charge in [-0.3, -0.25) is 0 Å². The van der Waals surface area contributed by atoms with Crippen LogP contribution < -0.4 is 0 Å². The van der Waals surface area contributed by atoms with Crippen LogP contribution in [0.1, 0.15) is 26.2 Å². The summed E-state index contributed by atoms with van der Waals surface area (Å²) in [6, 6.07) is 0. The Morgan fingerprint density at radius 3 is 2.93 bits per heavy atom. The largest absolute Gasteiger partial charge is 0.463 e. The van der Waals surface area contributed by atoms with Gasteiger partial charge >= 0.3 is 5.97 Å². The van der Waals surface area contributed by atoms with Gasteiger partial charge < -0.3 is 4.74 Å². The van der Waals surface area contributed by atoms with E-state index < -0.39 is 0 Å². The predicted molar refractivity (Wildman–Crippen MR) is 59.2 cm³/mol. The van der Waals surface area contributed by atoms with Crippen molar-refractivity contribution >= 4 is 5.97 Å². The maximum Gasteiger partial charge on any atom is 0.330 e. The third kappa shape index (κ3) is 2.49. The molecule has 0 saturated heterocycles. The number of carbonyl (C=O) groups is 1. The highest BCUT2D eigenvalue weighted by Crippen LogP contribution is 2.44. The number of esters is 1. The summed E-state index contributed by atoms with van der Waals surface area (Å²) in [6.07, 6.45) is 11.5. The molecule has 2 aliphatic carbocycles. The number of carbonyl (C=O) groups excluding carboxylic acids is 1. The summed E-state index contributed by atoms with van der Waals surface area (Å²) in [5.74, 6) is 2.11. The first-order valence-corrected chi connectivity index (χ1v) is 5.77. The van der Waals surface area contributed by atoms with Gasteiger partial charge in [-0.15, -0.1) is 0 Å². The van der Waals surface area contributed by atoms with Crippen LogP contribution in [0.4, 0.5) is 0 Å². The Bertz CT molecular complexity index is 291. The van der Waals surface area contributed by atoms with E-state index in [9.17, 15) is 4.79 Å². The Balaban J connectivity index is 1.67. The number of allylic oxidation sites excluding steroid dienone is 3. The Hall–Kier alpha value is -1.05.